The van der Waals surface area contributed by atoms with E-state index in [2.05, 4.69) is 17.5 Å². The molecule has 1 aliphatic rings. The molecule has 0 spiro atoms. The molecule has 1 N–H and O–H groups in total. The number of nitrogens with one attached hydrogen (secondary N) is 1. The van der Waals surface area contributed by atoms with Crippen LogP contribution >= 0.6 is 12.2 Å². The zero-order chi connectivity index (χ0) is 8.55. The molecule has 0 radical (unpaired) electrons. The Morgan fingerprint density at radius 1 is 1.50 bits per heavy atom. The molecule has 0 aromatic heterocycles. The lowest BCUT2D eigenvalue weighted by Crippen LogP contribution is -2.29. The minimum atomic E-state index is -0.502. The topological polar surface area (TPSA) is 15.3 Å². The van der Waals surface area contributed by atoms with Crippen molar-refractivity contribution < 1.29 is 4.48 Å². The van der Waals surface area contributed by atoms with Gasteiger partial charge in [-0.2, -0.15) is 5.12 Å². The molecule has 62 valence electrons. The molecule has 1 unspecified atom stereocenters. The zero-order valence-corrected chi connectivity index (χ0v) is 7.01. The monoisotopic (exact) mass is 182 g/mol. The molecule has 0 amide bonds. The van der Waals surface area contributed by atoms with Crippen molar-refractivity contribution in [3.05, 3.63) is 24.3 Å². The van der Waals surface area contributed by atoms with Crippen LogP contribution in [0.5, 0.6) is 0 Å². The molecule has 1 atom stereocenters. The first-order chi connectivity index (χ1) is 5.83. The molecular formula is C8H7FN2S. The first-order valence-electron chi connectivity index (χ1n) is 3.59. The summed E-state index contributed by atoms with van der Waals surface area (Å²) in [6.07, 6.45) is -0.502. The summed E-state index contributed by atoms with van der Waals surface area (Å²) < 4.78 is 13.3. The average molecular weight is 182 g/mol. The Balaban J connectivity index is 2.41. The summed E-state index contributed by atoms with van der Waals surface area (Å²) in [5.41, 5.74) is 1.33. The molecular weight excluding hydrogens is 175 g/mol. The standard InChI is InChI=1S/C8H7FN2S/c9-11-7-4-2-1-3-6(7)10-8(11)5-12/h1-5,8,10H. The number of anilines is 2. The second-order valence-corrected chi connectivity index (χ2v) is 2.83. The Kier molecular flexibility index (Phi) is 1.69. The van der Waals surface area contributed by atoms with Crippen LogP contribution in [0.25, 0.3) is 0 Å². The van der Waals surface area contributed by atoms with Crippen LogP contribution in [0, 0.1) is 0 Å². The molecule has 2 nitrogen and oxygen atoms in total. The maximum absolute atomic E-state index is 13.3. The van der Waals surface area contributed by atoms with E-state index in [1.54, 1.807) is 12.1 Å². The van der Waals surface area contributed by atoms with Gasteiger partial charge in [0, 0.05) is 5.37 Å². The number of halogens is 1. The Morgan fingerprint density at radius 2 is 2.25 bits per heavy atom. The second-order valence-electron chi connectivity index (χ2n) is 2.55. The van der Waals surface area contributed by atoms with Crippen LogP contribution in [0.4, 0.5) is 15.9 Å². The molecule has 12 heavy (non-hydrogen) atoms. The highest BCUT2D eigenvalue weighted by Crippen LogP contribution is 2.33. The molecule has 1 aliphatic heterocycles. The van der Waals surface area contributed by atoms with Gasteiger partial charge in [0.1, 0.15) is 0 Å². The highest BCUT2D eigenvalue weighted by atomic mass is 32.1. The van der Waals surface area contributed by atoms with Crippen LogP contribution in [-0.4, -0.2) is 11.5 Å². The van der Waals surface area contributed by atoms with Gasteiger partial charge in [-0.1, -0.05) is 28.8 Å². The van der Waals surface area contributed by atoms with Crippen LogP contribution in [-0.2, 0) is 0 Å². The lowest BCUT2D eigenvalue weighted by atomic mass is 10.3. The smallest absolute Gasteiger partial charge is 0.159 e. The molecule has 0 bridgehead atoms. The van der Waals surface area contributed by atoms with E-state index in [1.165, 1.54) is 5.37 Å². The summed E-state index contributed by atoms with van der Waals surface area (Å²) in [6, 6.07) is 7.17. The molecule has 0 fully saturated rings. The van der Waals surface area contributed by atoms with Gasteiger partial charge in [0.05, 0.1) is 11.4 Å². The third-order valence-corrected chi connectivity index (χ3v) is 2.07. The summed E-state index contributed by atoms with van der Waals surface area (Å²) in [6.45, 7) is 0. The van der Waals surface area contributed by atoms with Crippen molar-refractivity contribution in [2.75, 3.05) is 10.4 Å². The molecule has 0 saturated heterocycles. The van der Waals surface area contributed by atoms with Crippen LogP contribution < -0.4 is 10.4 Å². The summed E-state index contributed by atoms with van der Waals surface area (Å²) in [5, 5.41) is 4.91. The summed E-state index contributed by atoms with van der Waals surface area (Å²) in [4.78, 5) is 0. The van der Waals surface area contributed by atoms with Crippen LogP contribution in [0.15, 0.2) is 24.3 Å². The van der Waals surface area contributed by atoms with E-state index in [1.807, 2.05) is 12.1 Å². The van der Waals surface area contributed by atoms with E-state index in [0.717, 1.165) is 5.69 Å². The van der Waals surface area contributed by atoms with Gasteiger partial charge in [-0.15, -0.1) is 0 Å². The molecule has 1 aromatic rings. The van der Waals surface area contributed by atoms with Gasteiger partial charge in [0.25, 0.3) is 0 Å². The maximum Gasteiger partial charge on any atom is 0.159 e. The number of fused-ring (bicyclic) bond motifs is 1. The van der Waals surface area contributed by atoms with Gasteiger partial charge in [0.2, 0.25) is 0 Å². The predicted octanol–water partition coefficient (Wildman–Crippen LogP) is 2.13. The largest absolute Gasteiger partial charge is 0.357 e. The highest BCUT2D eigenvalue weighted by Gasteiger charge is 2.26. The molecule has 4 heteroatoms. The lowest BCUT2D eigenvalue weighted by molar-refractivity contribution is 0.438. The number of benzene rings is 1. The van der Waals surface area contributed by atoms with E-state index < -0.39 is 6.17 Å². The number of thiocarbonyl (C=S) groups is 1. The SMILES string of the molecule is FN1c2ccccc2NC1C=S. The summed E-state index contributed by atoms with van der Waals surface area (Å²) >= 11 is 4.67. The Hall–Kier alpha value is -1.16. The maximum atomic E-state index is 13.3. The Labute approximate surface area is 74.9 Å². The van der Waals surface area contributed by atoms with Crippen molar-refractivity contribution in [3.8, 4) is 0 Å². The quantitative estimate of drug-likeness (QED) is 0.529. The fraction of sp³-hybridized carbons (Fsp3) is 0.125. The first kappa shape index (κ1) is 7.49. The van der Waals surface area contributed by atoms with Gasteiger partial charge in [-0.3, -0.25) is 0 Å². The number of rotatable bonds is 1. The van der Waals surface area contributed by atoms with Crippen LogP contribution in [0.2, 0.25) is 0 Å². The molecule has 1 heterocycles. The minimum Gasteiger partial charge on any atom is -0.357 e. The minimum absolute atomic E-state index is 0.502. The predicted molar refractivity (Wildman–Crippen MR) is 51.1 cm³/mol. The average Bonchev–Trinajstić information content (AvgIpc) is 2.44. The van der Waals surface area contributed by atoms with Gasteiger partial charge < -0.3 is 5.32 Å². The number of para-hydroxylation sites is 2. The Morgan fingerprint density at radius 3 is 2.92 bits per heavy atom. The number of hydrogen-bond donors (Lipinski definition) is 1. The molecule has 0 saturated carbocycles. The fourth-order valence-electron chi connectivity index (χ4n) is 1.24. The first-order valence-corrected chi connectivity index (χ1v) is 4.06. The van der Waals surface area contributed by atoms with E-state index in [9.17, 15) is 4.48 Å². The lowest BCUT2D eigenvalue weighted by Gasteiger charge is -2.10. The van der Waals surface area contributed by atoms with Crippen LogP contribution in [0.1, 0.15) is 0 Å². The van der Waals surface area contributed by atoms with Crippen molar-refractivity contribution in [2.45, 2.75) is 6.17 Å². The normalized spacial score (nSPS) is 20.1. The summed E-state index contributed by atoms with van der Waals surface area (Å²) in [7, 11) is 0. The molecule has 1 aromatic carbocycles. The van der Waals surface area contributed by atoms with E-state index in [4.69, 9.17) is 0 Å². The second kappa shape index (κ2) is 2.71. The van der Waals surface area contributed by atoms with Crippen molar-refractivity contribution in [2.24, 2.45) is 0 Å². The molecule has 0 aliphatic carbocycles. The number of hydrogen-bond acceptors (Lipinski definition) is 3. The Bertz CT molecular complexity index is 316. The van der Waals surface area contributed by atoms with Gasteiger partial charge in [-0.05, 0) is 12.1 Å². The van der Waals surface area contributed by atoms with Crippen molar-refractivity contribution in [3.63, 3.8) is 0 Å². The van der Waals surface area contributed by atoms with Gasteiger partial charge in [0.15, 0.2) is 6.17 Å². The van der Waals surface area contributed by atoms with Gasteiger partial charge >= 0.3 is 0 Å². The number of nitrogens with zero attached hydrogens (tertiary/aromatic N) is 1. The third kappa shape index (κ3) is 0.956. The van der Waals surface area contributed by atoms with Crippen molar-refractivity contribution in [1.82, 2.24) is 0 Å². The van der Waals surface area contributed by atoms with Crippen molar-refractivity contribution >= 4 is 29.0 Å². The fourth-order valence-corrected chi connectivity index (χ4v) is 1.41. The van der Waals surface area contributed by atoms with Crippen LogP contribution in [0.3, 0.4) is 0 Å². The summed E-state index contributed by atoms with van der Waals surface area (Å²) in [5.74, 6) is 0. The van der Waals surface area contributed by atoms with E-state index in [0.29, 0.717) is 10.8 Å². The highest BCUT2D eigenvalue weighted by molar-refractivity contribution is 7.79. The van der Waals surface area contributed by atoms with E-state index >= 15 is 0 Å². The zero-order valence-electron chi connectivity index (χ0n) is 6.20. The third-order valence-electron chi connectivity index (χ3n) is 1.81. The van der Waals surface area contributed by atoms with Crippen molar-refractivity contribution in [1.29, 1.82) is 0 Å². The van der Waals surface area contributed by atoms with Gasteiger partial charge in [-0.25, -0.2) is 0 Å². The van der Waals surface area contributed by atoms with E-state index in [-0.39, 0.29) is 0 Å². The molecule has 2 rings (SSSR count).